The lowest BCUT2D eigenvalue weighted by Crippen LogP contribution is -2.43. The highest BCUT2D eigenvalue weighted by molar-refractivity contribution is 7.89. The molecule has 0 radical (unpaired) electrons. The van der Waals surface area contributed by atoms with E-state index in [1.165, 1.54) is 6.07 Å². The summed E-state index contributed by atoms with van der Waals surface area (Å²) in [7, 11) is -4.00. The van der Waals surface area contributed by atoms with E-state index < -0.39 is 32.6 Å². The van der Waals surface area contributed by atoms with E-state index in [0.29, 0.717) is 12.8 Å². The number of sulfonamides is 1. The van der Waals surface area contributed by atoms with Crippen LogP contribution >= 0.6 is 11.6 Å². The Labute approximate surface area is 134 Å². The molecule has 122 valence electrons. The van der Waals surface area contributed by atoms with E-state index in [4.69, 9.17) is 16.3 Å². The van der Waals surface area contributed by atoms with Crippen LogP contribution in [0.4, 0.5) is 4.39 Å². The van der Waals surface area contributed by atoms with Gasteiger partial charge in [0.05, 0.1) is 12.5 Å². The average Bonchev–Trinajstić information content (AvgIpc) is 2.47. The van der Waals surface area contributed by atoms with Gasteiger partial charge in [0.2, 0.25) is 10.0 Å². The van der Waals surface area contributed by atoms with Crippen LogP contribution < -0.4 is 0 Å². The first-order valence-corrected chi connectivity index (χ1v) is 8.80. The lowest BCUT2D eigenvalue weighted by Gasteiger charge is -2.30. The Morgan fingerprint density at radius 1 is 1.50 bits per heavy atom. The van der Waals surface area contributed by atoms with Crippen molar-refractivity contribution in [2.24, 2.45) is 5.92 Å². The molecule has 1 aromatic rings. The number of hydrogen-bond acceptors (Lipinski definition) is 4. The Balaban J connectivity index is 2.23. The van der Waals surface area contributed by atoms with Crippen molar-refractivity contribution in [3.63, 3.8) is 0 Å². The zero-order valence-electron chi connectivity index (χ0n) is 12.1. The number of hydrogen-bond donors (Lipinski definition) is 0. The number of carbonyl (C=O) groups excluding carboxylic acids is 1. The summed E-state index contributed by atoms with van der Waals surface area (Å²) >= 11 is 5.64. The second kappa shape index (κ2) is 6.93. The Bertz CT molecular complexity index is 665. The van der Waals surface area contributed by atoms with Gasteiger partial charge >= 0.3 is 5.97 Å². The van der Waals surface area contributed by atoms with Crippen molar-refractivity contribution >= 4 is 27.6 Å². The van der Waals surface area contributed by atoms with Gasteiger partial charge in [-0.2, -0.15) is 4.31 Å². The van der Waals surface area contributed by atoms with Crippen molar-refractivity contribution in [2.45, 2.75) is 24.7 Å². The number of nitrogens with zero attached hydrogens (tertiary/aromatic N) is 1. The largest absolute Gasteiger partial charge is 0.466 e. The molecule has 1 fully saturated rings. The molecule has 1 aromatic carbocycles. The highest BCUT2D eigenvalue weighted by Gasteiger charge is 2.35. The minimum Gasteiger partial charge on any atom is -0.466 e. The van der Waals surface area contributed by atoms with Crippen LogP contribution in [0.2, 0.25) is 5.02 Å². The molecule has 1 aliphatic heterocycles. The Hall–Kier alpha value is -1.18. The van der Waals surface area contributed by atoms with Gasteiger partial charge < -0.3 is 4.74 Å². The van der Waals surface area contributed by atoms with Gasteiger partial charge in [0, 0.05) is 18.1 Å². The van der Waals surface area contributed by atoms with Crippen molar-refractivity contribution in [3.8, 4) is 0 Å². The summed E-state index contributed by atoms with van der Waals surface area (Å²) in [6, 6.07) is 3.42. The fourth-order valence-corrected chi connectivity index (χ4v) is 4.16. The molecule has 1 heterocycles. The Morgan fingerprint density at radius 2 is 2.23 bits per heavy atom. The zero-order valence-corrected chi connectivity index (χ0v) is 13.7. The van der Waals surface area contributed by atoms with Crippen LogP contribution in [-0.2, 0) is 19.6 Å². The first-order chi connectivity index (χ1) is 10.4. The zero-order chi connectivity index (χ0) is 16.3. The first kappa shape index (κ1) is 17.2. The molecule has 1 unspecified atom stereocenters. The molecule has 0 spiro atoms. The van der Waals surface area contributed by atoms with E-state index in [1.54, 1.807) is 6.92 Å². The number of piperidine rings is 1. The predicted octanol–water partition coefficient (Wildman–Crippen LogP) is 2.44. The first-order valence-electron chi connectivity index (χ1n) is 6.98. The highest BCUT2D eigenvalue weighted by Crippen LogP contribution is 2.27. The third-order valence-electron chi connectivity index (χ3n) is 3.52. The molecule has 1 atom stereocenters. The van der Waals surface area contributed by atoms with Crippen LogP contribution in [-0.4, -0.2) is 38.4 Å². The summed E-state index contributed by atoms with van der Waals surface area (Å²) in [6.45, 7) is 2.19. The van der Waals surface area contributed by atoms with Crippen molar-refractivity contribution in [2.75, 3.05) is 19.7 Å². The van der Waals surface area contributed by atoms with Crippen LogP contribution in [0.25, 0.3) is 0 Å². The molecule has 0 bridgehead atoms. The van der Waals surface area contributed by atoms with E-state index in [9.17, 15) is 17.6 Å². The Morgan fingerprint density at radius 3 is 2.86 bits per heavy atom. The fraction of sp³-hybridized carbons (Fsp3) is 0.500. The molecule has 22 heavy (non-hydrogen) atoms. The van der Waals surface area contributed by atoms with E-state index in [0.717, 1.165) is 16.4 Å². The third-order valence-corrected chi connectivity index (χ3v) is 5.65. The number of esters is 1. The van der Waals surface area contributed by atoms with Crippen LogP contribution in [0.1, 0.15) is 19.8 Å². The predicted molar refractivity (Wildman–Crippen MR) is 79.5 cm³/mol. The van der Waals surface area contributed by atoms with Gasteiger partial charge in [0.1, 0.15) is 10.7 Å². The van der Waals surface area contributed by atoms with Crippen molar-refractivity contribution in [3.05, 3.63) is 29.0 Å². The number of rotatable bonds is 4. The molecule has 0 aromatic heterocycles. The van der Waals surface area contributed by atoms with Gasteiger partial charge in [0.15, 0.2) is 0 Å². The van der Waals surface area contributed by atoms with Gasteiger partial charge in [-0.05, 0) is 38.0 Å². The summed E-state index contributed by atoms with van der Waals surface area (Å²) in [6.07, 6.45) is 1.09. The second-order valence-corrected chi connectivity index (χ2v) is 7.37. The standard InChI is InChI=1S/C14H17ClFNO4S/c1-2-21-14(18)10-4-3-7-17(9-10)22(19,20)13-6-5-11(15)8-12(13)16/h5-6,8,10H,2-4,7,9H2,1H3. The van der Waals surface area contributed by atoms with Gasteiger partial charge in [-0.25, -0.2) is 12.8 Å². The maximum absolute atomic E-state index is 13.9. The SMILES string of the molecule is CCOC(=O)C1CCCN(S(=O)(=O)c2ccc(Cl)cc2F)C1. The Kier molecular flexibility index (Phi) is 5.41. The maximum Gasteiger partial charge on any atom is 0.310 e. The van der Waals surface area contributed by atoms with Gasteiger partial charge in [-0.15, -0.1) is 0 Å². The molecule has 0 N–H and O–H groups in total. The van der Waals surface area contributed by atoms with Crippen LogP contribution in [0, 0.1) is 11.7 Å². The molecular weight excluding hydrogens is 333 g/mol. The maximum atomic E-state index is 13.9. The lowest BCUT2D eigenvalue weighted by atomic mass is 10.0. The van der Waals surface area contributed by atoms with Gasteiger partial charge in [0.25, 0.3) is 0 Å². The molecule has 0 amide bonds. The summed E-state index contributed by atoms with van der Waals surface area (Å²) in [5.74, 6) is -1.83. The molecule has 8 heteroatoms. The lowest BCUT2D eigenvalue weighted by molar-refractivity contribution is -0.149. The topological polar surface area (TPSA) is 63.7 Å². The van der Waals surface area contributed by atoms with E-state index in [2.05, 4.69) is 0 Å². The molecule has 5 nitrogen and oxygen atoms in total. The average molecular weight is 350 g/mol. The number of benzene rings is 1. The summed E-state index contributed by atoms with van der Waals surface area (Å²) < 4.78 is 45.0. The third kappa shape index (κ3) is 3.59. The molecule has 0 aliphatic carbocycles. The van der Waals surface area contributed by atoms with E-state index >= 15 is 0 Å². The van der Waals surface area contributed by atoms with Crippen molar-refractivity contribution in [1.82, 2.24) is 4.31 Å². The number of carbonyl (C=O) groups is 1. The summed E-state index contributed by atoms with van der Waals surface area (Å²) in [5, 5.41) is 0.125. The van der Waals surface area contributed by atoms with Gasteiger partial charge in [-0.1, -0.05) is 11.6 Å². The van der Waals surface area contributed by atoms with Crippen molar-refractivity contribution < 1.29 is 22.3 Å². The second-order valence-electron chi connectivity index (χ2n) is 5.03. The molecule has 1 aliphatic rings. The molecular formula is C14H17ClFNO4S. The van der Waals surface area contributed by atoms with E-state index in [-0.39, 0.29) is 24.7 Å². The normalized spacial score (nSPS) is 19.9. The smallest absolute Gasteiger partial charge is 0.310 e. The molecule has 0 saturated carbocycles. The van der Waals surface area contributed by atoms with Gasteiger partial charge in [-0.3, -0.25) is 4.79 Å². The minimum absolute atomic E-state index is 0.00321. The highest BCUT2D eigenvalue weighted by atomic mass is 35.5. The van der Waals surface area contributed by atoms with Crippen LogP contribution in [0.15, 0.2) is 23.1 Å². The molecule has 1 saturated heterocycles. The minimum atomic E-state index is -4.00. The fourth-order valence-electron chi connectivity index (χ4n) is 2.44. The van der Waals surface area contributed by atoms with Crippen LogP contribution in [0.3, 0.4) is 0 Å². The summed E-state index contributed by atoms with van der Waals surface area (Å²) in [5.41, 5.74) is 0. The monoisotopic (exact) mass is 349 g/mol. The molecule has 2 rings (SSSR count). The number of halogens is 2. The summed E-state index contributed by atoms with van der Waals surface area (Å²) in [4.78, 5) is 11.4. The van der Waals surface area contributed by atoms with E-state index in [1.807, 2.05) is 0 Å². The quantitative estimate of drug-likeness (QED) is 0.783. The van der Waals surface area contributed by atoms with Crippen LogP contribution in [0.5, 0.6) is 0 Å². The van der Waals surface area contributed by atoms with Crippen molar-refractivity contribution in [1.29, 1.82) is 0 Å². The number of ether oxygens (including phenoxy) is 1.